The lowest BCUT2D eigenvalue weighted by Gasteiger charge is -2.09. The van der Waals surface area contributed by atoms with Crippen LogP contribution in [-0.2, 0) is 6.54 Å². The molecule has 1 aliphatic rings. The maximum atomic E-state index is 5.91. The van der Waals surface area contributed by atoms with Crippen molar-refractivity contribution in [2.24, 2.45) is 5.92 Å². The molecule has 0 amide bonds. The van der Waals surface area contributed by atoms with E-state index >= 15 is 0 Å². The summed E-state index contributed by atoms with van der Waals surface area (Å²) in [4.78, 5) is 17.8. The Hall–Kier alpha value is -4.01. The molecule has 0 unspecified atom stereocenters. The minimum absolute atomic E-state index is 0.172. The Labute approximate surface area is 178 Å². The van der Waals surface area contributed by atoms with Crippen LogP contribution in [0.4, 0.5) is 17.7 Å². The van der Waals surface area contributed by atoms with E-state index in [0.29, 0.717) is 17.7 Å². The molecule has 1 saturated carbocycles. The summed E-state index contributed by atoms with van der Waals surface area (Å²) in [5, 5.41) is 9.36. The first kappa shape index (κ1) is 17.8. The van der Waals surface area contributed by atoms with Crippen LogP contribution in [0.5, 0.6) is 0 Å². The SMILES string of the molecule is Cc1nc(N)nc(-n2c(Nc3nn(CC4CC4)c4ccccc34)nc3ccccc32)n1. The summed E-state index contributed by atoms with van der Waals surface area (Å²) < 4.78 is 3.95. The third-order valence-electron chi connectivity index (χ3n) is 5.53. The first-order chi connectivity index (χ1) is 15.2. The number of nitrogen functional groups attached to an aromatic ring is 1. The molecule has 3 N–H and O–H groups in total. The van der Waals surface area contributed by atoms with Crippen LogP contribution in [0.25, 0.3) is 27.9 Å². The summed E-state index contributed by atoms with van der Waals surface area (Å²) in [7, 11) is 0. The summed E-state index contributed by atoms with van der Waals surface area (Å²) >= 11 is 0. The van der Waals surface area contributed by atoms with Crippen molar-refractivity contribution in [1.82, 2.24) is 34.3 Å². The van der Waals surface area contributed by atoms with E-state index in [-0.39, 0.29) is 5.95 Å². The number of para-hydroxylation sites is 3. The normalized spacial score (nSPS) is 13.8. The third-order valence-corrected chi connectivity index (χ3v) is 5.53. The predicted molar refractivity (Wildman–Crippen MR) is 119 cm³/mol. The summed E-state index contributed by atoms with van der Waals surface area (Å²) in [6, 6.07) is 16.1. The molecular formula is C22H21N9. The Balaban J connectivity index is 1.51. The molecule has 5 aromatic rings. The standard InChI is InChI=1S/C22H21N9/c1-13-24-20(23)28-21(25-13)31-18-9-5-3-7-16(18)26-22(31)27-19-15-6-2-4-8-17(15)30(29-19)12-14-10-11-14/h2-9,14H,10-12H2,1H3,(H,26,27,29)(H2,23,24,25,28). The fourth-order valence-corrected chi connectivity index (χ4v) is 3.91. The lowest BCUT2D eigenvalue weighted by molar-refractivity contribution is 0.582. The summed E-state index contributed by atoms with van der Waals surface area (Å²) in [6.07, 6.45) is 2.54. The number of benzene rings is 2. The molecular weight excluding hydrogens is 390 g/mol. The van der Waals surface area contributed by atoms with Crippen LogP contribution in [0.15, 0.2) is 48.5 Å². The van der Waals surface area contributed by atoms with Gasteiger partial charge in [0.2, 0.25) is 17.8 Å². The summed E-state index contributed by atoms with van der Waals surface area (Å²) in [5.41, 5.74) is 8.72. The number of rotatable bonds is 5. The Morgan fingerprint density at radius 1 is 0.968 bits per heavy atom. The second-order valence-electron chi connectivity index (χ2n) is 7.92. The zero-order chi connectivity index (χ0) is 20.9. The van der Waals surface area contributed by atoms with Gasteiger partial charge in [-0.1, -0.05) is 24.3 Å². The van der Waals surface area contributed by atoms with Gasteiger partial charge in [0.15, 0.2) is 5.82 Å². The lowest BCUT2D eigenvalue weighted by Crippen LogP contribution is -2.10. The van der Waals surface area contributed by atoms with Crippen molar-refractivity contribution in [2.45, 2.75) is 26.3 Å². The number of nitrogens with two attached hydrogens (primary N) is 1. The largest absolute Gasteiger partial charge is 0.368 e. The Morgan fingerprint density at radius 3 is 2.55 bits per heavy atom. The third kappa shape index (κ3) is 3.14. The van der Waals surface area contributed by atoms with Crippen molar-refractivity contribution in [3.05, 3.63) is 54.4 Å². The van der Waals surface area contributed by atoms with Crippen LogP contribution in [0.2, 0.25) is 0 Å². The number of nitrogens with one attached hydrogen (secondary N) is 1. The topological polar surface area (TPSA) is 112 Å². The highest BCUT2D eigenvalue weighted by Crippen LogP contribution is 2.34. The Morgan fingerprint density at radius 2 is 1.74 bits per heavy atom. The smallest absolute Gasteiger partial charge is 0.242 e. The van der Waals surface area contributed by atoms with E-state index in [1.165, 1.54) is 12.8 Å². The van der Waals surface area contributed by atoms with E-state index in [0.717, 1.165) is 40.2 Å². The van der Waals surface area contributed by atoms with Crippen LogP contribution in [-0.4, -0.2) is 34.3 Å². The van der Waals surface area contributed by atoms with Crippen molar-refractivity contribution in [2.75, 3.05) is 11.1 Å². The molecule has 9 heteroatoms. The molecule has 9 nitrogen and oxygen atoms in total. The molecule has 0 atom stereocenters. The minimum atomic E-state index is 0.172. The van der Waals surface area contributed by atoms with Gasteiger partial charge in [0.25, 0.3) is 0 Å². The van der Waals surface area contributed by atoms with E-state index < -0.39 is 0 Å². The van der Waals surface area contributed by atoms with Gasteiger partial charge in [0.05, 0.1) is 16.6 Å². The number of fused-ring (bicyclic) bond motifs is 2. The zero-order valence-corrected chi connectivity index (χ0v) is 17.0. The molecule has 0 radical (unpaired) electrons. The summed E-state index contributed by atoms with van der Waals surface area (Å²) in [6.45, 7) is 2.72. The maximum absolute atomic E-state index is 5.91. The molecule has 3 heterocycles. The fourth-order valence-electron chi connectivity index (χ4n) is 3.91. The van der Waals surface area contributed by atoms with Crippen molar-refractivity contribution in [3.63, 3.8) is 0 Å². The van der Waals surface area contributed by atoms with E-state index in [2.05, 4.69) is 37.1 Å². The molecule has 0 spiro atoms. The van der Waals surface area contributed by atoms with Crippen LogP contribution in [0.1, 0.15) is 18.7 Å². The highest BCUT2D eigenvalue weighted by atomic mass is 15.4. The number of nitrogens with zero attached hydrogens (tertiary/aromatic N) is 7. The van der Waals surface area contributed by atoms with Gasteiger partial charge in [-0.05, 0) is 49.9 Å². The molecule has 6 rings (SSSR count). The number of hydrogen-bond donors (Lipinski definition) is 2. The van der Waals surface area contributed by atoms with E-state index in [9.17, 15) is 0 Å². The zero-order valence-electron chi connectivity index (χ0n) is 17.0. The van der Waals surface area contributed by atoms with E-state index in [1.807, 2.05) is 41.0 Å². The van der Waals surface area contributed by atoms with Gasteiger partial charge in [-0.25, -0.2) is 9.55 Å². The van der Waals surface area contributed by atoms with Crippen molar-refractivity contribution in [1.29, 1.82) is 0 Å². The van der Waals surface area contributed by atoms with E-state index in [4.69, 9.17) is 15.8 Å². The van der Waals surface area contributed by atoms with Gasteiger partial charge in [-0.3, -0.25) is 4.68 Å². The number of hydrogen-bond acceptors (Lipinski definition) is 7. The molecule has 1 fully saturated rings. The number of anilines is 3. The quantitative estimate of drug-likeness (QED) is 0.454. The second-order valence-corrected chi connectivity index (χ2v) is 7.92. The molecule has 3 aromatic heterocycles. The van der Waals surface area contributed by atoms with Crippen LogP contribution >= 0.6 is 0 Å². The van der Waals surface area contributed by atoms with Gasteiger partial charge in [0, 0.05) is 11.9 Å². The fraction of sp³-hybridized carbons (Fsp3) is 0.227. The predicted octanol–water partition coefficient (Wildman–Crippen LogP) is 3.60. The van der Waals surface area contributed by atoms with Crippen LogP contribution in [0, 0.1) is 12.8 Å². The van der Waals surface area contributed by atoms with E-state index in [1.54, 1.807) is 6.92 Å². The highest BCUT2D eigenvalue weighted by Gasteiger charge is 2.24. The van der Waals surface area contributed by atoms with Gasteiger partial charge < -0.3 is 11.1 Å². The Bertz CT molecular complexity index is 1410. The molecule has 1 aliphatic carbocycles. The van der Waals surface area contributed by atoms with Crippen molar-refractivity contribution in [3.8, 4) is 5.95 Å². The van der Waals surface area contributed by atoms with Gasteiger partial charge >= 0.3 is 0 Å². The minimum Gasteiger partial charge on any atom is -0.368 e. The second kappa shape index (κ2) is 6.76. The summed E-state index contributed by atoms with van der Waals surface area (Å²) in [5.74, 6) is 3.19. The van der Waals surface area contributed by atoms with Crippen molar-refractivity contribution >= 4 is 39.7 Å². The lowest BCUT2D eigenvalue weighted by atomic mass is 10.2. The molecule has 0 saturated heterocycles. The van der Waals surface area contributed by atoms with Crippen molar-refractivity contribution < 1.29 is 0 Å². The number of aromatic nitrogens is 7. The molecule has 0 bridgehead atoms. The molecule has 31 heavy (non-hydrogen) atoms. The Kier molecular flexibility index (Phi) is 3.89. The van der Waals surface area contributed by atoms with Gasteiger partial charge in [-0.2, -0.15) is 20.1 Å². The average molecular weight is 411 g/mol. The maximum Gasteiger partial charge on any atom is 0.242 e. The number of aryl methyl sites for hydroxylation is 1. The number of imidazole rings is 1. The first-order valence-corrected chi connectivity index (χ1v) is 10.3. The molecule has 2 aromatic carbocycles. The van der Waals surface area contributed by atoms with Crippen LogP contribution in [0.3, 0.4) is 0 Å². The molecule has 154 valence electrons. The molecule has 0 aliphatic heterocycles. The first-order valence-electron chi connectivity index (χ1n) is 10.3. The highest BCUT2D eigenvalue weighted by molar-refractivity contribution is 5.92. The van der Waals surface area contributed by atoms with Gasteiger partial charge in [-0.15, -0.1) is 0 Å². The van der Waals surface area contributed by atoms with Gasteiger partial charge in [0.1, 0.15) is 5.82 Å². The average Bonchev–Trinajstić information content (AvgIpc) is 3.40. The monoisotopic (exact) mass is 411 g/mol. The van der Waals surface area contributed by atoms with Crippen LogP contribution < -0.4 is 11.1 Å².